The number of benzene rings is 2. The normalized spacial score (nSPS) is 9.76. The SMILES string of the molecule is COc1cc(C(=O)NCc2ccc(C#N)cc2)ccc1C. The maximum absolute atomic E-state index is 12.1. The van der Waals surface area contributed by atoms with Crippen molar-refractivity contribution < 1.29 is 9.53 Å². The maximum atomic E-state index is 12.1. The molecule has 0 aromatic heterocycles. The van der Waals surface area contributed by atoms with Gasteiger partial charge in [0.1, 0.15) is 5.75 Å². The molecular formula is C17H16N2O2. The summed E-state index contributed by atoms with van der Waals surface area (Å²) in [7, 11) is 1.58. The quantitative estimate of drug-likeness (QED) is 0.936. The molecule has 0 saturated carbocycles. The van der Waals surface area contributed by atoms with Crippen LogP contribution in [0.3, 0.4) is 0 Å². The Morgan fingerprint density at radius 2 is 1.95 bits per heavy atom. The van der Waals surface area contributed by atoms with E-state index < -0.39 is 0 Å². The van der Waals surface area contributed by atoms with Crippen LogP contribution in [0.15, 0.2) is 42.5 Å². The summed E-state index contributed by atoms with van der Waals surface area (Å²) in [4.78, 5) is 12.1. The molecule has 0 radical (unpaired) electrons. The van der Waals surface area contributed by atoms with Crippen LogP contribution in [-0.4, -0.2) is 13.0 Å². The second-order valence-corrected chi connectivity index (χ2v) is 4.68. The third kappa shape index (κ3) is 3.61. The minimum Gasteiger partial charge on any atom is -0.496 e. The maximum Gasteiger partial charge on any atom is 0.251 e. The highest BCUT2D eigenvalue weighted by molar-refractivity contribution is 5.94. The number of hydrogen-bond donors (Lipinski definition) is 1. The zero-order valence-corrected chi connectivity index (χ0v) is 12.0. The predicted molar refractivity (Wildman–Crippen MR) is 80.1 cm³/mol. The number of amides is 1. The number of nitrogens with zero attached hydrogens (tertiary/aromatic N) is 1. The first-order chi connectivity index (χ1) is 10.1. The Hall–Kier alpha value is -2.80. The summed E-state index contributed by atoms with van der Waals surface area (Å²) in [5, 5.41) is 11.6. The molecule has 1 N–H and O–H groups in total. The molecule has 0 fully saturated rings. The molecule has 1 amide bonds. The van der Waals surface area contributed by atoms with Crippen molar-refractivity contribution in [1.29, 1.82) is 5.26 Å². The molecule has 0 bridgehead atoms. The highest BCUT2D eigenvalue weighted by Crippen LogP contribution is 2.18. The van der Waals surface area contributed by atoms with Gasteiger partial charge in [0.05, 0.1) is 18.7 Å². The zero-order chi connectivity index (χ0) is 15.2. The van der Waals surface area contributed by atoms with Crippen LogP contribution in [-0.2, 0) is 6.54 Å². The van der Waals surface area contributed by atoms with E-state index in [9.17, 15) is 4.79 Å². The minimum atomic E-state index is -0.155. The molecule has 0 saturated heterocycles. The molecule has 4 heteroatoms. The van der Waals surface area contributed by atoms with Crippen LogP contribution in [0.2, 0.25) is 0 Å². The smallest absolute Gasteiger partial charge is 0.251 e. The van der Waals surface area contributed by atoms with Gasteiger partial charge in [0.2, 0.25) is 0 Å². The van der Waals surface area contributed by atoms with Crippen molar-refractivity contribution in [2.45, 2.75) is 13.5 Å². The van der Waals surface area contributed by atoms with Gasteiger partial charge in [-0.15, -0.1) is 0 Å². The molecule has 0 aliphatic rings. The van der Waals surface area contributed by atoms with Crippen molar-refractivity contribution >= 4 is 5.91 Å². The lowest BCUT2D eigenvalue weighted by atomic mass is 10.1. The molecule has 106 valence electrons. The van der Waals surface area contributed by atoms with Crippen molar-refractivity contribution in [1.82, 2.24) is 5.32 Å². The van der Waals surface area contributed by atoms with Crippen LogP contribution < -0.4 is 10.1 Å². The van der Waals surface area contributed by atoms with Crippen LogP contribution in [0, 0.1) is 18.3 Å². The lowest BCUT2D eigenvalue weighted by molar-refractivity contribution is 0.0950. The van der Waals surface area contributed by atoms with Crippen molar-refractivity contribution in [3.8, 4) is 11.8 Å². The summed E-state index contributed by atoms with van der Waals surface area (Å²) in [6.45, 7) is 2.35. The summed E-state index contributed by atoms with van der Waals surface area (Å²) in [5.74, 6) is 0.540. The van der Waals surface area contributed by atoms with Gasteiger partial charge in [0.15, 0.2) is 0 Å². The monoisotopic (exact) mass is 280 g/mol. The molecule has 0 heterocycles. The largest absolute Gasteiger partial charge is 0.496 e. The predicted octanol–water partition coefficient (Wildman–Crippen LogP) is 2.81. The molecule has 2 aromatic carbocycles. The van der Waals surface area contributed by atoms with E-state index >= 15 is 0 Å². The standard InChI is InChI=1S/C17H16N2O2/c1-12-3-8-15(9-16(12)21-2)17(20)19-11-14-6-4-13(10-18)5-7-14/h3-9H,11H2,1-2H3,(H,19,20). The summed E-state index contributed by atoms with van der Waals surface area (Å²) in [5.41, 5.74) is 3.10. The van der Waals surface area contributed by atoms with Gasteiger partial charge in [-0.05, 0) is 42.3 Å². The molecular weight excluding hydrogens is 264 g/mol. The zero-order valence-electron chi connectivity index (χ0n) is 12.0. The lowest BCUT2D eigenvalue weighted by Crippen LogP contribution is -2.22. The molecule has 0 aliphatic heterocycles. The van der Waals surface area contributed by atoms with E-state index in [2.05, 4.69) is 11.4 Å². The van der Waals surface area contributed by atoms with Crippen molar-refractivity contribution in [2.24, 2.45) is 0 Å². The molecule has 4 nitrogen and oxygen atoms in total. The van der Waals surface area contributed by atoms with E-state index in [0.717, 1.165) is 11.1 Å². The van der Waals surface area contributed by atoms with Gasteiger partial charge < -0.3 is 10.1 Å². The van der Waals surface area contributed by atoms with Gasteiger partial charge in [0, 0.05) is 12.1 Å². The number of ether oxygens (including phenoxy) is 1. The van der Waals surface area contributed by atoms with Crippen LogP contribution in [0.4, 0.5) is 0 Å². The summed E-state index contributed by atoms with van der Waals surface area (Å²) < 4.78 is 5.21. The Balaban J connectivity index is 2.02. The minimum absolute atomic E-state index is 0.155. The number of hydrogen-bond acceptors (Lipinski definition) is 3. The third-order valence-corrected chi connectivity index (χ3v) is 3.21. The first-order valence-electron chi connectivity index (χ1n) is 6.56. The Bertz CT molecular complexity index is 685. The molecule has 21 heavy (non-hydrogen) atoms. The summed E-state index contributed by atoms with van der Waals surface area (Å²) in [6, 6.07) is 14.5. The van der Waals surface area contributed by atoms with Crippen molar-refractivity contribution in [3.63, 3.8) is 0 Å². The molecule has 2 rings (SSSR count). The van der Waals surface area contributed by atoms with Crippen LogP contribution in [0.25, 0.3) is 0 Å². The number of aryl methyl sites for hydroxylation is 1. The van der Waals surface area contributed by atoms with Crippen LogP contribution in [0.5, 0.6) is 5.75 Å². The third-order valence-electron chi connectivity index (χ3n) is 3.21. The van der Waals surface area contributed by atoms with Crippen LogP contribution in [0.1, 0.15) is 27.0 Å². The van der Waals surface area contributed by atoms with Gasteiger partial charge >= 0.3 is 0 Å². The Kier molecular flexibility index (Phi) is 4.57. The Morgan fingerprint density at radius 3 is 2.57 bits per heavy atom. The van der Waals surface area contributed by atoms with Gasteiger partial charge in [-0.3, -0.25) is 4.79 Å². The van der Waals surface area contributed by atoms with E-state index in [0.29, 0.717) is 23.4 Å². The molecule has 0 atom stereocenters. The highest BCUT2D eigenvalue weighted by atomic mass is 16.5. The van der Waals surface area contributed by atoms with Gasteiger partial charge in [-0.2, -0.15) is 5.26 Å². The molecule has 2 aromatic rings. The number of methoxy groups -OCH3 is 1. The summed E-state index contributed by atoms with van der Waals surface area (Å²) >= 11 is 0. The van der Waals surface area contributed by atoms with E-state index in [1.807, 2.05) is 25.1 Å². The van der Waals surface area contributed by atoms with E-state index in [1.165, 1.54) is 0 Å². The number of nitriles is 1. The van der Waals surface area contributed by atoms with E-state index in [1.54, 1.807) is 31.4 Å². The Morgan fingerprint density at radius 1 is 1.24 bits per heavy atom. The Labute approximate surface area is 124 Å². The van der Waals surface area contributed by atoms with E-state index in [-0.39, 0.29) is 5.91 Å². The number of carbonyl (C=O) groups excluding carboxylic acids is 1. The first kappa shape index (κ1) is 14.6. The van der Waals surface area contributed by atoms with Gasteiger partial charge in [0.25, 0.3) is 5.91 Å². The highest BCUT2D eigenvalue weighted by Gasteiger charge is 2.08. The molecule has 0 aliphatic carbocycles. The fourth-order valence-corrected chi connectivity index (χ4v) is 1.94. The molecule has 0 spiro atoms. The fraction of sp³-hybridized carbons (Fsp3) is 0.176. The average molecular weight is 280 g/mol. The number of rotatable bonds is 4. The summed E-state index contributed by atoms with van der Waals surface area (Å²) in [6.07, 6.45) is 0. The topological polar surface area (TPSA) is 62.1 Å². The van der Waals surface area contributed by atoms with Gasteiger partial charge in [-0.1, -0.05) is 18.2 Å². The second kappa shape index (κ2) is 6.58. The first-order valence-corrected chi connectivity index (χ1v) is 6.56. The average Bonchev–Trinajstić information content (AvgIpc) is 2.53. The number of nitrogens with one attached hydrogen (secondary N) is 1. The van der Waals surface area contributed by atoms with Crippen molar-refractivity contribution in [3.05, 3.63) is 64.7 Å². The van der Waals surface area contributed by atoms with E-state index in [4.69, 9.17) is 10.00 Å². The number of carbonyl (C=O) groups is 1. The van der Waals surface area contributed by atoms with Crippen LogP contribution >= 0.6 is 0 Å². The lowest BCUT2D eigenvalue weighted by Gasteiger charge is -2.09. The fourth-order valence-electron chi connectivity index (χ4n) is 1.94. The van der Waals surface area contributed by atoms with Gasteiger partial charge in [-0.25, -0.2) is 0 Å². The van der Waals surface area contributed by atoms with Crippen molar-refractivity contribution in [2.75, 3.05) is 7.11 Å². The second-order valence-electron chi connectivity index (χ2n) is 4.68. The molecule has 0 unspecified atom stereocenters.